The zero-order valence-electron chi connectivity index (χ0n) is 10.6. The van der Waals surface area contributed by atoms with Gasteiger partial charge in [0.1, 0.15) is 5.76 Å². The van der Waals surface area contributed by atoms with E-state index in [1.807, 2.05) is 12.1 Å². The van der Waals surface area contributed by atoms with Gasteiger partial charge in [-0.25, -0.2) is 0 Å². The molecular weight excluding hydrogens is 236 g/mol. The van der Waals surface area contributed by atoms with Crippen molar-refractivity contribution in [2.45, 2.75) is 26.3 Å². The van der Waals surface area contributed by atoms with Crippen LogP contribution < -0.4 is 5.32 Å². The molecule has 0 spiro atoms. The highest BCUT2D eigenvalue weighted by Gasteiger charge is 2.25. The summed E-state index contributed by atoms with van der Waals surface area (Å²) in [5, 5.41) is 3.87. The van der Waals surface area contributed by atoms with Crippen LogP contribution in [0, 0.1) is 5.92 Å². The summed E-state index contributed by atoms with van der Waals surface area (Å²) in [4.78, 5) is 2.49. The molecule has 0 amide bonds. The SMILES string of the molecule is CC(C)C[C@@H](c1ccc(Cl)o1)N1CCNCC1. The van der Waals surface area contributed by atoms with Gasteiger partial charge in [-0.2, -0.15) is 0 Å². The number of nitrogens with zero attached hydrogens (tertiary/aromatic N) is 1. The van der Waals surface area contributed by atoms with Crippen molar-refractivity contribution in [1.29, 1.82) is 0 Å². The summed E-state index contributed by atoms with van der Waals surface area (Å²) in [7, 11) is 0. The third-order valence-corrected chi connectivity index (χ3v) is 3.41. The summed E-state index contributed by atoms with van der Waals surface area (Å²) in [6.45, 7) is 8.77. The fourth-order valence-corrected chi connectivity index (χ4v) is 2.54. The van der Waals surface area contributed by atoms with Crippen LogP contribution in [0.4, 0.5) is 0 Å². The van der Waals surface area contributed by atoms with E-state index in [1.165, 1.54) is 0 Å². The largest absolute Gasteiger partial charge is 0.448 e. The van der Waals surface area contributed by atoms with Crippen LogP contribution in [0.1, 0.15) is 32.1 Å². The second-order valence-electron chi connectivity index (χ2n) is 5.07. The number of nitrogens with one attached hydrogen (secondary N) is 1. The average molecular weight is 257 g/mol. The molecule has 1 aromatic rings. The maximum absolute atomic E-state index is 5.88. The molecule has 2 heterocycles. The highest BCUT2D eigenvalue weighted by Crippen LogP contribution is 2.30. The van der Waals surface area contributed by atoms with Crippen molar-refractivity contribution in [3.8, 4) is 0 Å². The normalized spacial score (nSPS) is 19.8. The number of halogens is 1. The first-order valence-corrected chi connectivity index (χ1v) is 6.74. The van der Waals surface area contributed by atoms with Crippen molar-refractivity contribution in [3.63, 3.8) is 0 Å². The number of furan rings is 1. The molecule has 3 nitrogen and oxygen atoms in total. The standard InChI is InChI=1S/C13H21ClN2O/c1-10(2)9-11(12-3-4-13(14)17-12)16-7-5-15-6-8-16/h3-4,10-11,15H,5-9H2,1-2H3/t11-/m0/s1. The third kappa shape index (κ3) is 3.47. The van der Waals surface area contributed by atoms with Crippen LogP contribution >= 0.6 is 11.6 Å². The van der Waals surface area contributed by atoms with E-state index in [1.54, 1.807) is 0 Å². The molecule has 2 rings (SSSR count). The van der Waals surface area contributed by atoms with E-state index in [9.17, 15) is 0 Å². The van der Waals surface area contributed by atoms with Crippen LogP contribution in [0.5, 0.6) is 0 Å². The van der Waals surface area contributed by atoms with Gasteiger partial charge < -0.3 is 9.73 Å². The first-order chi connectivity index (χ1) is 8.16. The summed E-state index contributed by atoms with van der Waals surface area (Å²) in [6, 6.07) is 4.22. The van der Waals surface area contributed by atoms with Gasteiger partial charge in [-0.1, -0.05) is 13.8 Å². The molecule has 0 unspecified atom stereocenters. The van der Waals surface area contributed by atoms with Gasteiger partial charge in [-0.3, -0.25) is 4.90 Å². The Balaban J connectivity index is 2.11. The summed E-state index contributed by atoms with van der Waals surface area (Å²) in [5.74, 6) is 1.66. The van der Waals surface area contributed by atoms with Crippen molar-refractivity contribution in [2.75, 3.05) is 26.2 Å². The van der Waals surface area contributed by atoms with Crippen LogP contribution in [-0.4, -0.2) is 31.1 Å². The second-order valence-corrected chi connectivity index (χ2v) is 5.45. The lowest BCUT2D eigenvalue weighted by molar-refractivity contribution is 0.136. The average Bonchev–Trinajstić information content (AvgIpc) is 2.73. The number of hydrogen-bond donors (Lipinski definition) is 1. The lowest BCUT2D eigenvalue weighted by Crippen LogP contribution is -2.45. The van der Waals surface area contributed by atoms with Gasteiger partial charge in [0.15, 0.2) is 5.22 Å². The van der Waals surface area contributed by atoms with Gasteiger partial charge >= 0.3 is 0 Å². The van der Waals surface area contributed by atoms with Crippen molar-refractivity contribution in [3.05, 3.63) is 23.1 Å². The fraction of sp³-hybridized carbons (Fsp3) is 0.692. The maximum atomic E-state index is 5.88. The predicted octanol–water partition coefficient (Wildman–Crippen LogP) is 2.93. The Morgan fingerprint density at radius 3 is 2.59 bits per heavy atom. The van der Waals surface area contributed by atoms with Gasteiger partial charge in [0.05, 0.1) is 6.04 Å². The number of rotatable bonds is 4. The Morgan fingerprint density at radius 2 is 2.06 bits per heavy atom. The molecule has 1 atom stereocenters. The van der Waals surface area contributed by atoms with Crippen LogP contribution in [0.15, 0.2) is 16.5 Å². The fourth-order valence-electron chi connectivity index (χ4n) is 2.39. The van der Waals surface area contributed by atoms with E-state index >= 15 is 0 Å². The first kappa shape index (κ1) is 12.9. The van der Waals surface area contributed by atoms with Crippen LogP contribution in [0.25, 0.3) is 0 Å². The molecule has 0 bridgehead atoms. The Hall–Kier alpha value is -0.510. The summed E-state index contributed by atoms with van der Waals surface area (Å²) < 4.78 is 5.60. The molecule has 0 radical (unpaired) electrons. The minimum Gasteiger partial charge on any atom is -0.448 e. The molecule has 1 aliphatic heterocycles. The van der Waals surface area contributed by atoms with Crippen molar-refractivity contribution in [2.24, 2.45) is 5.92 Å². The van der Waals surface area contributed by atoms with Crippen LogP contribution in [-0.2, 0) is 0 Å². The summed E-state index contributed by atoms with van der Waals surface area (Å²) in [5.41, 5.74) is 0. The Bertz CT molecular complexity index is 345. The Morgan fingerprint density at radius 1 is 1.35 bits per heavy atom. The Kier molecular flexibility index (Phi) is 4.48. The molecule has 1 fully saturated rings. The van der Waals surface area contributed by atoms with Gasteiger partial charge in [0, 0.05) is 26.2 Å². The predicted molar refractivity (Wildman–Crippen MR) is 70.4 cm³/mol. The highest BCUT2D eigenvalue weighted by molar-refractivity contribution is 6.28. The van der Waals surface area contributed by atoms with E-state index in [0.717, 1.165) is 38.4 Å². The third-order valence-electron chi connectivity index (χ3n) is 3.21. The minimum absolute atomic E-state index is 0.365. The van der Waals surface area contributed by atoms with Crippen molar-refractivity contribution in [1.82, 2.24) is 10.2 Å². The molecule has 17 heavy (non-hydrogen) atoms. The Labute approximate surface area is 108 Å². The molecule has 1 aliphatic rings. The van der Waals surface area contributed by atoms with Gasteiger partial charge in [0.25, 0.3) is 0 Å². The molecule has 1 saturated heterocycles. The van der Waals surface area contributed by atoms with Crippen molar-refractivity contribution >= 4 is 11.6 Å². The van der Waals surface area contributed by atoms with E-state index in [-0.39, 0.29) is 0 Å². The second kappa shape index (κ2) is 5.89. The van der Waals surface area contributed by atoms with Crippen molar-refractivity contribution < 1.29 is 4.42 Å². The molecule has 4 heteroatoms. The topological polar surface area (TPSA) is 28.4 Å². The van der Waals surface area contributed by atoms with E-state index < -0.39 is 0 Å². The smallest absolute Gasteiger partial charge is 0.193 e. The van der Waals surface area contributed by atoms with E-state index in [4.69, 9.17) is 16.0 Å². The molecule has 1 aromatic heterocycles. The summed E-state index contributed by atoms with van der Waals surface area (Å²) >= 11 is 5.88. The summed E-state index contributed by atoms with van der Waals surface area (Å²) in [6.07, 6.45) is 1.11. The quantitative estimate of drug-likeness (QED) is 0.898. The molecule has 0 saturated carbocycles. The maximum Gasteiger partial charge on any atom is 0.193 e. The van der Waals surface area contributed by atoms with Gasteiger partial charge in [-0.05, 0) is 36.1 Å². The van der Waals surface area contributed by atoms with Crippen LogP contribution in [0.3, 0.4) is 0 Å². The van der Waals surface area contributed by atoms with Crippen LogP contribution in [0.2, 0.25) is 5.22 Å². The number of piperazine rings is 1. The zero-order valence-corrected chi connectivity index (χ0v) is 11.3. The van der Waals surface area contributed by atoms with E-state index in [0.29, 0.717) is 17.2 Å². The zero-order chi connectivity index (χ0) is 12.3. The minimum atomic E-state index is 0.365. The van der Waals surface area contributed by atoms with Gasteiger partial charge in [0.2, 0.25) is 0 Å². The molecule has 1 N–H and O–H groups in total. The first-order valence-electron chi connectivity index (χ1n) is 6.37. The van der Waals surface area contributed by atoms with E-state index in [2.05, 4.69) is 24.1 Å². The monoisotopic (exact) mass is 256 g/mol. The highest BCUT2D eigenvalue weighted by atomic mass is 35.5. The molecule has 0 aliphatic carbocycles. The molecular formula is C13H21ClN2O. The molecule has 96 valence electrons. The number of hydrogen-bond acceptors (Lipinski definition) is 3. The molecule has 0 aromatic carbocycles. The lowest BCUT2D eigenvalue weighted by atomic mass is 10.00. The van der Waals surface area contributed by atoms with Gasteiger partial charge in [-0.15, -0.1) is 0 Å². The lowest BCUT2D eigenvalue weighted by Gasteiger charge is -2.34.